The van der Waals surface area contributed by atoms with Crippen LogP contribution in [0.3, 0.4) is 0 Å². The van der Waals surface area contributed by atoms with Crippen molar-refractivity contribution in [2.45, 2.75) is 19.1 Å². The van der Waals surface area contributed by atoms with Gasteiger partial charge >= 0.3 is 0 Å². The fourth-order valence-electron chi connectivity index (χ4n) is 4.07. The normalized spacial score (nSPS) is 15.1. The van der Waals surface area contributed by atoms with Crippen LogP contribution in [0.25, 0.3) is 0 Å². The number of hydrogen-bond acceptors (Lipinski definition) is 3. The van der Waals surface area contributed by atoms with Gasteiger partial charge in [-0.2, -0.15) is 0 Å². The van der Waals surface area contributed by atoms with Gasteiger partial charge in [-0.3, -0.25) is 4.99 Å². The molecular formula is C29H25ClN2O. The van der Waals surface area contributed by atoms with E-state index in [0.29, 0.717) is 11.6 Å². The summed E-state index contributed by atoms with van der Waals surface area (Å²) < 4.78 is 5.93. The van der Waals surface area contributed by atoms with E-state index < -0.39 is 0 Å². The van der Waals surface area contributed by atoms with E-state index in [2.05, 4.69) is 41.7 Å². The van der Waals surface area contributed by atoms with Crippen molar-refractivity contribution < 1.29 is 4.74 Å². The number of ether oxygens (including phenoxy) is 1. The average Bonchev–Trinajstić information content (AvgIpc) is 3.04. The van der Waals surface area contributed by atoms with Crippen molar-refractivity contribution in [3.05, 3.63) is 130 Å². The predicted molar refractivity (Wildman–Crippen MR) is 137 cm³/mol. The zero-order chi connectivity index (χ0) is 22.5. The Labute approximate surface area is 199 Å². The average molecular weight is 453 g/mol. The van der Waals surface area contributed by atoms with E-state index in [0.717, 1.165) is 46.8 Å². The molecule has 1 N–H and O–H groups in total. The van der Waals surface area contributed by atoms with Crippen molar-refractivity contribution in [3.63, 3.8) is 0 Å². The highest BCUT2D eigenvalue weighted by atomic mass is 35.5. The number of rotatable bonds is 6. The molecule has 0 aliphatic carbocycles. The largest absolute Gasteiger partial charge is 0.489 e. The summed E-state index contributed by atoms with van der Waals surface area (Å²) in [6.07, 6.45) is 0.837. The van der Waals surface area contributed by atoms with Gasteiger partial charge in [-0.25, -0.2) is 0 Å². The van der Waals surface area contributed by atoms with Gasteiger partial charge in [0.25, 0.3) is 0 Å². The second kappa shape index (κ2) is 9.93. The molecule has 1 heterocycles. The van der Waals surface area contributed by atoms with Gasteiger partial charge in [0, 0.05) is 28.4 Å². The van der Waals surface area contributed by atoms with Crippen LogP contribution in [0.1, 0.15) is 22.3 Å². The minimum Gasteiger partial charge on any atom is -0.489 e. The summed E-state index contributed by atoms with van der Waals surface area (Å²) >= 11 is 6.33. The van der Waals surface area contributed by atoms with Crippen molar-refractivity contribution in [1.29, 1.82) is 0 Å². The van der Waals surface area contributed by atoms with Crippen molar-refractivity contribution >= 4 is 23.0 Å². The summed E-state index contributed by atoms with van der Waals surface area (Å²) in [4.78, 5) is 5.19. The number of halogens is 1. The highest BCUT2D eigenvalue weighted by Gasteiger charge is 2.20. The molecular weight excluding hydrogens is 428 g/mol. The monoisotopic (exact) mass is 452 g/mol. The van der Waals surface area contributed by atoms with Gasteiger partial charge in [0.05, 0.1) is 11.8 Å². The highest BCUT2D eigenvalue weighted by Crippen LogP contribution is 2.28. The van der Waals surface area contributed by atoms with Crippen LogP contribution in [0.4, 0.5) is 5.69 Å². The van der Waals surface area contributed by atoms with Crippen LogP contribution in [0.5, 0.6) is 5.75 Å². The molecule has 1 aliphatic heterocycles. The second-order valence-corrected chi connectivity index (χ2v) is 8.63. The first-order valence-corrected chi connectivity index (χ1v) is 11.5. The van der Waals surface area contributed by atoms with Crippen molar-refractivity contribution in [2.24, 2.45) is 4.99 Å². The Bertz CT molecular complexity index is 1240. The van der Waals surface area contributed by atoms with Gasteiger partial charge < -0.3 is 10.1 Å². The van der Waals surface area contributed by atoms with Gasteiger partial charge in [0.1, 0.15) is 12.4 Å². The third-order valence-electron chi connectivity index (χ3n) is 5.77. The summed E-state index contributed by atoms with van der Waals surface area (Å²) in [5.74, 6) is 0.872. The topological polar surface area (TPSA) is 33.6 Å². The molecule has 0 radical (unpaired) electrons. The predicted octanol–water partition coefficient (Wildman–Crippen LogP) is 6.79. The molecule has 1 aliphatic rings. The van der Waals surface area contributed by atoms with Crippen LogP contribution in [-0.4, -0.2) is 18.3 Å². The first kappa shape index (κ1) is 21.3. The maximum atomic E-state index is 6.33. The molecule has 0 fully saturated rings. The molecule has 164 valence electrons. The molecule has 0 bridgehead atoms. The van der Waals surface area contributed by atoms with Crippen LogP contribution in [0, 0.1) is 0 Å². The number of benzene rings is 4. The van der Waals surface area contributed by atoms with Crippen molar-refractivity contribution in [1.82, 2.24) is 0 Å². The smallest absolute Gasteiger partial charge is 0.119 e. The Morgan fingerprint density at radius 2 is 1.55 bits per heavy atom. The molecule has 0 spiro atoms. The zero-order valence-electron chi connectivity index (χ0n) is 18.2. The zero-order valence-corrected chi connectivity index (χ0v) is 19.0. The fourth-order valence-corrected chi connectivity index (χ4v) is 4.24. The molecule has 0 aromatic heterocycles. The van der Waals surface area contributed by atoms with E-state index in [1.165, 1.54) is 5.56 Å². The molecule has 1 atom stereocenters. The standard InChI is InChI=1S/C29H25ClN2O/c30-24-13-16-28-27(18-24)29(23-9-5-2-6-10-23)32-25(19-31-28)17-21-11-14-26(15-12-21)33-20-22-7-3-1-4-8-22/h1-16,18,25,31H,17,19-20H2/t25-/m1/s1. The Kier molecular flexibility index (Phi) is 6.41. The number of nitrogens with zero attached hydrogens (tertiary/aromatic N) is 1. The summed E-state index contributed by atoms with van der Waals surface area (Å²) in [6, 6.07) is 34.9. The van der Waals surface area contributed by atoms with Gasteiger partial charge in [-0.15, -0.1) is 0 Å². The lowest BCUT2D eigenvalue weighted by Crippen LogP contribution is -2.20. The molecule has 0 amide bonds. The van der Waals surface area contributed by atoms with Crippen LogP contribution >= 0.6 is 11.6 Å². The second-order valence-electron chi connectivity index (χ2n) is 8.19. The fraction of sp³-hybridized carbons (Fsp3) is 0.138. The third-order valence-corrected chi connectivity index (χ3v) is 6.00. The number of fused-ring (bicyclic) bond motifs is 1. The van der Waals surface area contributed by atoms with Crippen LogP contribution in [-0.2, 0) is 13.0 Å². The minimum absolute atomic E-state index is 0.0995. The molecule has 0 saturated carbocycles. The van der Waals surface area contributed by atoms with Crippen molar-refractivity contribution in [2.75, 3.05) is 11.9 Å². The molecule has 4 aromatic rings. The Morgan fingerprint density at radius 3 is 2.30 bits per heavy atom. The van der Waals surface area contributed by atoms with E-state index in [1.54, 1.807) is 0 Å². The lowest BCUT2D eigenvalue weighted by atomic mass is 10.0. The molecule has 5 rings (SSSR count). The SMILES string of the molecule is Clc1ccc2c(c1)C(c1ccccc1)=N[C@H](Cc1ccc(OCc3ccccc3)cc1)CN2. The maximum absolute atomic E-state index is 6.33. The number of nitrogens with one attached hydrogen (secondary N) is 1. The first-order chi connectivity index (χ1) is 16.2. The van der Waals surface area contributed by atoms with E-state index >= 15 is 0 Å². The Hall–Kier alpha value is -3.56. The molecule has 0 saturated heterocycles. The number of aliphatic imine (C=N–C) groups is 1. The van der Waals surface area contributed by atoms with Crippen LogP contribution in [0.2, 0.25) is 5.02 Å². The number of hydrogen-bond donors (Lipinski definition) is 1. The van der Waals surface area contributed by atoms with Crippen LogP contribution in [0.15, 0.2) is 108 Å². The number of benzodiazepines with no additional fused rings is 1. The molecule has 3 nitrogen and oxygen atoms in total. The van der Waals surface area contributed by atoms with Gasteiger partial charge in [0.2, 0.25) is 0 Å². The summed E-state index contributed by atoms with van der Waals surface area (Å²) in [5, 5.41) is 4.29. The van der Waals surface area contributed by atoms with E-state index in [4.69, 9.17) is 21.3 Å². The van der Waals surface area contributed by atoms with E-state index in [-0.39, 0.29) is 6.04 Å². The Balaban J connectivity index is 1.34. The highest BCUT2D eigenvalue weighted by molar-refractivity contribution is 6.31. The Morgan fingerprint density at radius 1 is 0.818 bits per heavy atom. The van der Waals surface area contributed by atoms with E-state index in [9.17, 15) is 0 Å². The summed E-state index contributed by atoms with van der Waals surface area (Å²) in [5.41, 5.74) is 6.57. The first-order valence-electron chi connectivity index (χ1n) is 11.2. The summed E-state index contributed by atoms with van der Waals surface area (Å²) in [7, 11) is 0. The molecule has 4 aromatic carbocycles. The van der Waals surface area contributed by atoms with Crippen LogP contribution < -0.4 is 10.1 Å². The molecule has 33 heavy (non-hydrogen) atoms. The van der Waals surface area contributed by atoms with Crippen molar-refractivity contribution in [3.8, 4) is 5.75 Å². The van der Waals surface area contributed by atoms with Gasteiger partial charge in [0.15, 0.2) is 0 Å². The third kappa shape index (κ3) is 5.27. The summed E-state index contributed by atoms with van der Waals surface area (Å²) in [6.45, 7) is 1.33. The molecule has 0 unspecified atom stereocenters. The lowest BCUT2D eigenvalue weighted by Gasteiger charge is -2.13. The van der Waals surface area contributed by atoms with E-state index in [1.807, 2.05) is 66.7 Å². The number of anilines is 1. The molecule has 4 heteroatoms. The minimum atomic E-state index is 0.0995. The maximum Gasteiger partial charge on any atom is 0.119 e. The quantitative estimate of drug-likeness (QED) is 0.349. The van der Waals surface area contributed by atoms with Gasteiger partial charge in [-0.05, 0) is 47.9 Å². The lowest BCUT2D eigenvalue weighted by molar-refractivity contribution is 0.306. The van der Waals surface area contributed by atoms with Gasteiger partial charge in [-0.1, -0.05) is 84.4 Å².